The van der Waals surface area contributed by atoms with Crippen LogP contribution in [0.15, 0.2) is 29.3 Å². The number of nitrogens with zero attached hydrogens (tertiary/aromatic N) is 1. The number of aliphatic hydroxyl groups is 2. The zero-order chi connectivity index (χ0) is 22.3. The van der Waals surface area contributed by atoms with Gasteiger partial charge in [-0.1, -0.05) is 23.9 Å². The van der Waals surface area contributed by atoms with Crippen LogP contribution in [0.4, 0.5) is 26.3 Å². The first-order valence-electron chi connectivity index (χ1n) is 8.70. The third-order valence-corrected chi connectivity index (χ3v) is 5.80. The highest BCUT2D eigenvalue weighted by atomic mass is 32.2. The van der Waals surface area contributed by atoms with Crippen molar-refractivity contribution in [3.63, 3.8) is 0 Å². The molecule has 6 atom stereocenters. The van der Waals surface area contributed by atoms with Crippen LogP contribution in [0, 0.1) is 0 Å². The summed E-state index contributed by atoms with van der Waals surface area (Å²) in [6, 6.07) is 2.51. The molecule has 0 spiro atoms. The number of hydrogen-bond acceptors (Lipinski definition) is 7. The van der Waals surface area contributed by atoms with E-state index in [1.54, 1.807) is 0 Å². The maximum absolute atomic E-state index is 13.6. The first-order valence-corrected chi connectivity index (χ1v) is 9.58. The van der Waals surface area contributed by atoms with Crippen LogP contribution in [0.5, 0.6) is 0 Å². The van der Waals surface area contributed by atoms with Crippen LogP contribution in [-0.2, 0) is 22.3 Å². The average molecular weight is 460 g/mol. The lowest BCUT2D eigenvalue weighted by Gasteiger charge is -2.41. The van der Waals surface area contributed by atoms with Gasteiger partial charge < -0.3 is 25.0 Å². The molecule has 1 unspecified atom stereocenters. The van der Waals surface area contributed by atoms with E-state index >= 15 is 0 Å². The van der Waals surface area contributed by atoms with Crippen LogP contribution in [0.2, 0.25) is 0 Å². The minimum absolute atomic E-state index is 0.0667. The smallest absolute Gasteiger partial charge is 0.388 e. The molecule has 0 saturated carbocycles. The summed E-state index contributed by atoms with van der Waals surface area (Å²) in [7, 11) is 1.54. The van der Waals surface area contributed by atoms with Crippen LogP contribution < -0.4 is 5.32 Å². The van der Waals surface area contributed by atoms with Gasteiger partial charge in [0.1, 0.15) is 29.8 Å². The number of thioether (sulfide) groups is 1. The topological polar surface area (TPSA) is 83.3 Å². The fourth-order valence-electron chi connectivity index (χ4n) is 3.11. The predicted molar refractivity (Wildman–Crippen MR) is 94.6 cm³/mol. The molecule has 168 valence electrons. The van der Waals surface area contributed by atoms with Crippen molar-refractivity contribution in [3.8, 4) is 0 Å². The van der Waals surface area contributed by atoms with Gasteiger partial charge >= 0.3 is 12.4 Å². The Bertz CT molecular complexity index is 773. The van der Waals surface area contributed by atoms with E-state index in [0.717, 1.165) is 36.0 Å². The molecular weight excluding hydrogens is 442 g/mol. The van der Waals surface area contributed by atoms with E-state index in [0.29, 0.717) is 5.17 Å². The number of halogens is 6. The van der Waals surface area contributed by atoms with Gasteiger partial charge in [-0.25, -0.2) is 0 Å². The van der Waals surface area contributed by atoms with Gasteiger partial charge in [-0.15, -0.1) is 0 Å². The second-order valence-electron chi connectivity index (χ2n) is 6.71. The lowest BCUT2D eigenvalue weighted by Crippen LogP contribution is -2.61. The number of benzene rings is 1. The van der Waals surface area contributed by atoms with Gasteiger partial charge in [-0.3, -0.25) is 4.99 Å². The van der Waals surface area contributed by atoms with Gasteiger partial charge in [-0.2, -0.15) is 26.3 Å². The van der Waals surface area contributed by atoms with Gasteiger partial charge in [0.25, 0.3) is 0 Å². The predicted octanol–water partition coefficient (Wildman–Crippen LogP) is 2.29. The van der Waals surface area contributed by atoms with Crippen LogP contribution in [-0.4, -0.2) is 64.5 Å². The standard InChI is InChI=1S/C17H18F6N2O4S/c1-24-15-25-9-10(26)11(27)12(29-14(9)30-15)13(17(21,22)23)28-6-7-2-4-8(5-3-7)16(18,19)20/h2-5,9-14,26-27H,6H2,1H3,(H,24,25)/t9-,10-,11+,12?,13-,14-/m1/s1. The highest BCUT2D eigenvalue weighted by Gasteiger charge is 2.57. The van der Waals surface area contributed by atoms with Gasteiger partial charge in [0.05, 0.1) is 12.2 Å². The minimum atomic E-state index is -4.97. The van der Waals surface area contributed by atoms with Crippen molar-refractivity contribution in [2.24, 2.45) is 4.99 Å². The first kappa shape index (κ1) is 23.1. The fraction of sp³-hybridized carbons (Fsp3) is 0.588. The molecule has 2 aliphatic rings. The largest absolute Gasteiger partial charge is 0.417 e. The summed E-state index contributed by atoms with van der Waals surface area (Å²) in [4.78, 5) is 4.06. The second kappa shape index (κ2) is 8.54. The number of alkyl halides is 6. The second-order valence-corrected chi connectivity index (χ2v) is 7.80. The summed E-state index contributed by atoms with van der Waals surface area (Å²) in [5.74, 6) is 0. The van der Waals surface area contributed by atoms with Crippen LogP contribution in [0.25, 0.3) is 0 Å². The molecule has 1 aromatic rings. The quantitative estimate of drug-likeness (QED) is 0.599. The van der Waals surface area contributed by atoms with E-state index in [9.17, 15) is 36.6 Å². The summed E-state index contributed by atoms with van der Waals surface area (Å²) in [6.45, 7) is -0.676. The van der Waals surface area contributed by atoms with E-state index in [-0.39, 0.29) is 5.56 Å². The number of ether oxygens (including phenoxy) is 2. The van der Waals surface area contributed by atoms with Crippen LogP contribution in [0.3, 0.4) is 0 Å². The highest BCUT2D eigenvalue weighted by molar-refractivity contribution is 8.14. The number of nitrogens with one attached hydrogen (secondary N) is 1. The van der Waals surface area contributed by atoms with Gasteiger partial charge in [0, 0.05) is 7.05 Å². The van der Waals surface area contributed by atoms with Crippen LogP contribution in [0.1, 0.15) is 11.1 Å². The normalized spacial score (nSPS) is 30.6. The number of aliphatic hydroxyl groups excluding tert-OH is 2. The molecule has 1 fully saturated rings. The summed E-state index contributed by atoms with van der Waals surface area (Å²) >= 11 is 0.967. The molecule has 2 aliphatic heterocycles. The number of rotatable bonds is 4. The van der Waals surface area contributed by atoms with E-state index < -0.39 is 60.4 Å². The van der Waals surface area contributed by atoms with Crippen molar-refractivity contribution in [2.45, 2.75) is 54.9 Å². The molecular formula is C17H18F6N2O4S. The molecule has 13 heteroatoms. The molecule has 0 bridgehead atoms. The molecule has 2 heterocycles. The summed E-state index contributed by atoms with van der Waals surface area (Å²) in [5, 5.41) is 23.5. The average Bonchev–Trinajstić information content (AvgIpc) is 3.08. The Hall–Kier alpha value is -1.54. The zero-order valence-corrected chi connectivity index (χ0v) is 16.1. The molecule has 3 rings (SSSR count). The third-order valence-electron chi connectivity index (χ3n) is 4.65. The van der Waals surface area contributed by atoms with E-state index in [2.05, 4.69) is 10.3 Å². The number of aliphatic imine (C=N–C) groups is 1. The molecule has 0 radical (unpaired) electrons. The number of fused-ring (bicyclic) bond motifs is 1. The Morgan fingerprint density at radius 2 is 1.77 bits per heavy atom. The Balaban J connectivity index is 1.73. The first-order chi connectivity index (χ1) is 13.9. The van der Waals surface area contributed by atoms with Gasteiger partial charge in [0.2, 0.25) is 0 Å². The molecule has 6 nitrogen and oxygen atoms in total. The van der Waals surface area contributed by atoms with Crippen molar-refractivity contribution in [3.05, 3.63) is 35.4 Å². The fourth-order valence-corrected chi connectivity index (χ4v) is 4.17. The number of amidine groups is 1. The van der Waals surface area contributed by atoms with Crippen molar-refractivity contribution in [2.75, 3.05) is 7.05 Å². The lowest BCUT2D eigenvalue weighted by molar-refractivity contribution is -0.286. The van der Waals surface area contributed by atoms with Crippen molar-refractivity contribution < 1.29 is 46.0 Å². The van der Waals surface area contributed by atoms with E-state index in [1.807, 2.05) is 0 Å². The number of hydrogen-bond donors (Lipinski definition) is 3. The summed E-state index contributed by atoms with van der Waals surface area (Å²) < 4.78 is 89.0. The molecule has 0 aliphatic carbocycles. The van der Waals surface area contributed by atoms with Crippen molar-refractivity contribution in [1.29, 1.82) is 0 Å². The molecule has 0 aromatic heterocycles. The minimum Gasteiger partial charge on any atom is -0.388 e. The Labute approximate surface area is 171 Å². The summed E-state index contributed by atoms with van der Waals surface area (Å²) in [5.41, 5.74) is -1.84. The van der Waals surface area contributed by atoms with E-state index in [1.165, 1.54) is 7.05 Å². The van der Waals surface area contributed by atoms with Gasteiger partial charge in [0.15, 0.2) is 11.3 Å². The Morgan fingerprint density at radius 3 is 2.30 bits per heavy atom. The third kappa shape index (κ3) is 4.85. The maximum atomic E-state index is 13.6. The molecule has 1 saturated heterocycles. The Morgan fingerprint density at radius 1 is 1.13 bits per heavy atom. The summed E-state index contributed by atoms with van der Waals surface area (Å²) in [6.07, 6.45) is -17.7. The molecule has 1 aromatic carbocycles. The van der Waals surface area contributed by atoms with Gasteiger partial charge in [-0.05, 0) is 17.7 Å². The maximum Gasteiger partial charge on any atom is 0.417 e. The van der Waals surface area contributed by atoms with Crippen molar-refractivity contribution >= 4 is 16.9 Å². The SMILES string of the molecule is CNC1=N[C@@H]2[C@@H](O)[C@H](O)C([C@@H](OCc3ccc(C(F)(F)F)cc3)C(F)(F)F)O[C@@H]2S1. The van der Waals surface area contributed by atoms with E-state index in [4.69, 9.17) is 9.47 Å². The van der Waals surface area contributed by atoms with Crippen LogP contribution >= 0.6 is 11.8 Å². The monoisotopic (exact) mass is 460 g/mol. The molecule has 3 N–H and O–H groups in total. The highest BCUT2D eigenvalue weighted by Crippen LogP contribution is 2.40. The molecule has 0 amide bonds. The zero-order valence-electron chi connectivity index (χ0n) is 15.3. The Kier molecular flexibility index (Phi) is 6.58. The lowest BCUT2D eigenvalue weighted by atomic mass is 9.94. The van der Waals surface area contributed by atoms with Crippen molar-refractivity contribution in [1.82, 2.24) is 5.32 Å². The molecule has 30 heavy (non-hydrogen) atoms.